The summed E-state index contributed by atoms with van der Waals surface area (Å²) in [5.41, 5.74) is 1.62. The van der Waals surface area contributed by atoms with Crippen LogP contribution in [0.15, 0.2) is 53.5 Å². The summed E-state index contributed by atoms with van der Waals surface area (Å²) in [4.78, 5) is 34.4. The fraction of sp³-hybridized carbons (Fsp3) is 0.348. The number of aliphatic imine (C=N–C) groups is 1. The summed E-state index contributed by atoms with van der Waals surface area (Å²) >= 11 is 6.15. The van der Waals surface area contributed by atoms with Crippen LogP contribution >= 0.6 is 11.6 Å². The molecule has 0 saturated carbocycles. The summed E-state index contributed by atoms with van der Waals surface area (Å²) < 4.78 is 18.3. The molecule has 2 atom stereocenters. The minimum Gasteiger partial charge on any atom is -0.465 e. The third-order valence-corrected chi connectivity index (χ3v) is 5.83. The van der Waals surface area contributed by atoms with Crippen LogP contribution in [0.4, 0.5) is 10.1 Å². The number of guanidine groups is 1. The van der Waals surface area contributed by atoms with E-state index in [9.17, 15) is 14.0 Å². The first-order valence-corrected chi connectivity index (χ1v) is 10.9. The van der Waals surface area contributed by atoms with Crippen molar-refractivity contribution in [3.05, 3.63) is 64.9 Å². The first-order valence-electron chi connectivity index (χ1n) is 10.5. The van der Waals surface area contributed by atoms with E-state index in [1.807, 2.05) is 4.90 Å². The second kappa shape index (κ2) is 9.56. The number of hydrogen-bond donors (Lipinski definition) is 1. The molecule has 0 unspecified atom stereocenters. The minimum atomic E-state index is -1.09. The van der Waals surface area contributed by atoms with Crippen LogP contribution in [-0.4, -0.2) is 55.5 Å². The summed E-state index contributed by atoms with van der Waals surface area (Å²) in [6.45, 7) is 4.47. The zero-order valence-corrected chi connectivity index (χ0v) is 18.4. The van der Waals surface area contributed by atoms with Gasteiger partial charge in [-0.1, -0.05) is 23.7 Å². The van der Waals surface area contributed by atoms with Crippen molar-refractivity contribution >= 4 is 35.1 Å². The Morgan fingerprint density at radius 2 is 1.84 bits per heavy atom. The van der Waals surface area contributed by atoms with Gasteiger partial charge in [-0.25, -0.2) is 9.38 Å². The maximum atomic E-state index is 13.2. The molecule has 2 aromatic rings. The Hall–Kier alpha value is -3.13. The van der Waals surface area contributed by atoms with Crippen molar-refractivity contribution < 1.29 is 18.7 Å². The Balaban J connectivity index is 1.56. The van der Waals surface area contributed by atoms with Gasteiger partial charge in [-0.05, 0) is 48.9 Å². The topological polar surface area (TPSA) is 74.2 Å². The van der Waals surface area contributed by atoms with Gasteiger partial charge in [-0.2, -0.15) is 0 Å². The number of ether oxygens (including phenoxy) is 1. The largest absolute Gasteiger partial charge is 0.465 e. The van der Waals surface area contributed by atoms with E-state index in [-0.39, 0.29) is 12.4 Å². The van der Waals surface area contributed by atoms with Crippen molar-refractivity contribution in [2.75, 3.05) is 37.7 Å². The van der Waals surface area contributed by atoms with Gasteiger partial charge in [-0.3, -0.25) is 14.9 Å². The number of nitrogens with one attached hydrogen (secondary N) is 1. The first-order chi connectivity index (χ1) is 15.5. The van der Waals surface area contributed by atoms with Crippen LogP contribution in [0.5, 0.6) is 0 Å². The van der Waals surface area contributed by atoms with Crippen LogP contribution in [0.3, 0.4) is 0 Å². The van der Waals surface area contributed by atoms with Crippen LogP contribution < -0.4 is 10.2 Å². The highest BCUT2D eigenvalue weighted by molar-refractivity contribution is 6.30. The van der Waals surface area contributed by atoms with E-state index in [4.69, 9.17) is 21.3 Å². The Morgan fingerprint density at radius 3 is 2.50 bits per heavy atom. The quantitative estimate of drug-likeness (QED) is 0.563. The lowest BCUT2D eigenvalue weighted by atomic mass is 9.91. The molecule has 0 spiro atoms. The van der Waals surface area contributed by atoms with Crippen molar-refractivity contribution in [2.45, 2.75) is 13.0 Å². The molecule has 0 aliphatic carbocycles. The summed E-state index contributed by atoms with van der Waals surface area (Å²) in [5, 5.41) is 3.29. The molecular weight excluding hydrogens is 435 g/mol. The van der Waals surface area contributed by atoms with E-state index in [1.165, 1.54) is 12.1 Å². The lowest BCUT2D eigenvalue weighted by molar-refractivity contribution is -0.153. The van der Waals surface area contributed by atoms with Crippen molar-refractivity contribution in [1.29, 1.82) is 0 Å². The van der Waals surface area contributed by atoms with Gasteiger partial charge in [0.15, 0.2) is 5.92 Å². The number of nitrogens with zero attached hydrogens (tertiary/aromatic N) is 3. The predicted octanol–water partition coefficient (Wildman–Crippen LogP) is 3.01. The summed E-state index contributed by atoms with van der Waals surface area (Å²) in [6, 6.07) is 12.7. The Morgan fingerprint density at radius 1 is 1.16 bits per heavy atom. The number of halogens is 2. The molecular formula is C23H24ClFN4O3. The van der Waals surface area contributed by atoms with Crippen LogP contribution in [0.25, 0.3) is 0 Å². The number of piperazine rings is 1. The summed E-state index contributed by atoms with van der Waals surface area (Å²) in [7, 11) is 0. The molecule has 7 nitrogen and oxygen atoms in total. The Labute approximate surface area is 190 Å². The smallest absolute Gasteiger partial charge is 0.321 e. The standard InChI is InChI=1S/C23H24ClFN4O3/c1-2-32-22(31)19-20(15-4-3-5-16(24)14-15)26-23(27-21(19)30)29-12-10-28(11-13-29)18-8-6-17(25)7-9-18/h3-9,14,19-20H,2,10-13H2,1H3,(H,26,27,30)/t19-,20-/m1/s1. The molecule has 0 bridgehead atoms. The van der Waals surface area contributed by atoms with Gasteiger partial charge < -0.3 is 14.5 Å². The van der Waals surface area contributed by atoms with Crippen molar-refractivity contribution in [3.63, 3.8) is 0 Å². The lowest BCUT2D eigenvalue weighted by Gasteiger charge is -2.39. The monoisotopic (exact) mass is 458 g/mol. The zero-order valence-electron chi connectivity index (χ0n) is 17.6. The van der Waals surface area contributed by atoms with Gasteiger partial charge in [0.05, 0.1) is 6.61 Å². The molecule has 0 aromatic heterocycles. The average molecular weight is 459 g/mol. The minimum absolute atomic E-state index is 0.173. The SMILES string of the molecule is CCOC(=O)[C@H]1C(=O)NC(N2CCN(c3ccc(F)cc3)CC2)=N[C@@H]1c1cccc(Cl)c1. The average Bonchev–Trinajstić information content (AvgIpc) is 2.79. The molecule has 1 saturated heterocycles. The molecule has 9 heteroatoms. The van der Waals surface area contributed by atoms with E-state index >= 15 is 0 Å². The van der Waals surface area contributed by atoms with Gasteiger partial charge in [0.2, 0.25) is 11.9 Å². The van der Waals surface area contributed by atoms with E-state index < -0.39 is 23.8 Å². The molecule has 32 heavy (non-hydrogen) atoms. The van der Waals surface area contributed by atoms with Gasteiger partial charge in [0, 0.05) is 36.9 Å². The summed E-state index contributed by atoms with van der Waals surface area (Å²) in [6.07, 6.45) is 0. The molecule has 0 radical (unpaired) electrons. The number of amides is 1. The number of rotatable bonds is 4. The third-order valence-electron chi connectivity index (χ3n) is 5.60. The fourth-order valence-corrected chi connectivity index (χ4v) is 4.18. The molecule has 2 heterocycles. The fourth-order valence-electron chi connectivity index (χ4n) is 3.98. The number of anilines is 1. The molecule has 1 amide bonds. The maximum absolute atomic E-state index is 13.2. The zero-order chi connectivity index (χ0) is 22.7. The Kier molecular flexibility index (Phi) is 6.60. The highest BCUT2D eigenvalue weighted by Gasteiger charge is 2.42. The lowest BCUT2D eigenvalue weighted by Crippen LogP contribution is -2.57. The normalized spacial score (nSPS) is 21.1. The molecule has 1 fully saturated rings. The molecule has 2 aliphatic heterocycles. The molecule has 168 valence electrons. The van der Waals surface area contributed by atoms with Crippen molar-refractivity contribution in [1.82, 2.24) is 10.2 Å². The second-order valence-corrected chi connectivity index (χ2v) is 8.06. The number of benzene rings is 2. The molecule has 1 N–H and O–H groups in total. The molecule has 4 rings (SSSR count). The Bertz CT molecular complexity index is 1020. The van der Waals surface area contributed by atoms with E-state index in [0.717, 1.165) is 5.69 Å². The van der Waals surface area contributed by atoms with E-state index in [1.54, 1.807) is 43.3 Å². The van der Waals surface area contributed by atoms with E-state index in [0.29, 0.717) is 42.7 Å². The van der Waals surface area contributed by atoms with Gasteiger partial charge in [0.1, 0.15) is 11.9 Å². The maximum Gasteiger partial charge on any atom is 0.321 e. The first kappa shape index (κ1) is 22.1. The van der Waals surface area contributed by atoms with Gasteiger partial charge in [0.25, 0.3) is 0 Å². The van der Waals surface area contributed by atoms with Crippen LogP contribution in [0.1, 0.15) is 18.5 Å². The summed E-state index contributed by atoms with van der Waals surface area (Å²) in [5.74, 6) is -1.98. The van der Waals surface area contributed by atoms with Crippen LogP contribution in [-0.2, 0) is 14.3 Å². The number of hydrogen-bond acceptors (Lipinski definition) is 6. The number of esters is 1. The van der Waals surface area contributed by atoms with E-state index in [2.05, 4.69) is 10.2 Å². The van der Waals surface area contributed by atoms with Crippen molar-refractivity contribution in [2.24, 2.45) is 10.9 Å². The molecule has 2 aromatic carbocycles. The highest BCUT2D eigenvalue weighted by atomic mass is 35.5. The molecule has 2 aliphatic rings. The highest BCUT2D eigenvalue weighted by Crippen LogP contribution is 2.32. The van der Waals surface area contributed by atoms with Gasteiger partial charge in [-0.15, -0.1) is 0 Å². The number of carbonyl (C=O) groups is 2. The van der Waals surface area contributed by atoms with Crippen molar-refractivity contribution in [3.8, 4) is 0 Å². The second-order valence-electron chi connectivity index (χ2n) is 7.62. The van der Waals surface area contributed by atoms with Gasteiger partial charge >= 0.3 is 5.97 Å². The third kappa shape index (κ3) is 4.70. The van der Waals surface area contributed by atoms with Crippen LogP contribution in [0.2, 0.25) is 5.02 Å². The van der Waals surface area contributed by atoms with Crippen LogP contribution in [0, 0.1) is 11.7 Å². The predicted molar refractivity (Wildman–Crippen MR) is 120 cm³/mol. The number of carbonyl (C=O) groups excluding carboxylic acids is 2.